The average Bonchev–Trinajstić information content (AvgIpc) is 3.18. The molecular formula is C22H23ClN4O3S. The Kier molecular flexibility index (Phi) is 5.79. The summed E-state index contributed by atoms with van der Waals surface area (Å²) in [6.45, 7) is 5.81. The van der Waals surface area contributed by atoms with Gasteiger partial charge in [-0.15, -0.1) is 11.3 Å². The minimum absolute atomic E-state index is 0.0179. The maximum atomic E-state index is 13.2. The number of benzene rings is 1. The van der Waals surface area contributed by atoms with E-state index in [2.05, 4.69) is 9.88 Å². The summed E-state index contributed by atoms with van der Waals surface area (Å²) in [5.74, 6) is -0.0179. The summed E-state index contributed by atoms with van der Waals surface area (Å²) in [7, 11) is 0. The number of aromatic nitrogens is 2. The summed E-state index contributed by atoms with van der Waals surface area (Å²) in [5.41, 5.74) is 1.70. The first-order chi connectivity index (χ1) is 15.1. The Morgan fingerprint density at radius 2 is 1.90 bits per heavy atom. The third kappa shape index (κ3) is 4.13. The molecule has 0 bridgehead atoms. The standard InChI is InChI=1S/C22H23ClN4O3S/c23-16-3-1-15(2-4-16)21(28)26-6-5-17-18(13-26)31-20-19(17)22(29)27(14-24-20)8-7-25-9-11-30-12-10-25/h1-4,14H,5-13H2. The number of hydrogen-bond donors (Lipinski definition) is 0. The summed E-state index contributed by atoms with van der Waals surface area (Å²) in [6, 6.07) is 6.96. The fraction of sp³-hybridized carbons (Fsp3) is 0.409. The van der Waals surface area contributed by atoms with Crippen molar-refractivity contribution in [2.45, 2.75) is 19.5 Å². The van der Waals surface area contributed by atoms with Gasteiger partial charge in [0.2, 0.25) is 0 Å². The van der Waals surface area contributed by atoms with Crippen molar-refractivity contribution in [1.29, 1.82) is 0 Å². The largest absolute Gasteiger partial charge is 0.379 e. The average molecular weight is 459 g/mol. The molecule has 9 heteroatoms. The predicted molar refractivity (Wildman–Crippen MR) is 121 cm³/mol. The molecule has 7 nitrogen and oxygen atoms in total. The third-order valence-electron chi connectivity index (χ3n) is 5.97. The number of fused-ring (bicyclic) bond motifs is 3. The number of ether oxygens (including phenoxy) is 1. The molecule has 0 atom stereocenters. The van der Waals surface area contributed by atoms with E-state index in [1.54, 1.807) is 35.2 Å². The van der Waals surface area contributed by atoms with Crippen LogP contribution in [0.25, 0.3) is 10.2 Å². The molecule has 3 aromatic rings. The van der Waals surface area contributed by atoms with E-state index in [9.17, 15) is 9.59 Å². The molecule has 162 valence electrons. The highest BCUT2D eigenvalue weighted by molar-refractivity contribution is 7.18. The van der Waals surface area contributed by atoms with Crippen LogP contribution in [-0.4, -0.2) is 64.7 Å². The summed E-state index contributed by atoms with van der Waals surface area (Å²) in [5, 5.41) is 1.33. The topological polar surface area (TPSA) is 67.7 Å². The first-order valence-electron chi connectivity index (χ1n) is 10.4. The maximum Gasteiger partial charge on any atom is 0.262 e. The monoisotopic (exact) mass is 458 g/mol. The Bertz CT molecular complexity index is 1170. The molecule has 0 aliphatic carbocycles. The van der Waals surface area contributed by atoms with E-state index in [1.165, 1.54) is 11.3 Å². The first-order valence-corrected chi connectivity index (χ1v) is 11.6. The van der Waals surface area contributed by atoms with Gasteiger partial charge in [0.25, 0.3) is 11.5 Å². The van der Waals surface area contributed by atoms with Crippen molar-refractivity contribution in [3.05, 3.63) is 62.0 Å². The summed E-state index contributed by atoms with van der Waals surface area (Å²) < 4.78 is 7.11. The molecule has 1 saturated heterocycles. The number of amides is 1. The lowest BCUT2D eigenvalue weighted by atomic mass is 10.0. The van der Waals surface area contributed by atoms with E-state index in [-0.39, 0.29) is 11.5 Å². The van der Waals surface area contributed by atoms with Crippen molar-refractivity contribution < 1.29 is 9.53 Å². The highest BCUT2D eigenvalue weighted by Crippen LogP contribution is 2.32. The predicted octanol–water partition coefficient (Wildman–Crippen LogP) is 2.64. The van der Waals surface area contributed by atoms with E-state index in [1.807, 2.05) is 4.90 Å². The van der Waals surface area contributed by atoms with Crippen molar-refractivity contribution in [3.8, 4) is 0 Å². The Hall–Kier alpha value is -2.26. The van der Waals surface area contributed by atoms with Crippen LogP contribution in [-0.2, 0) is 24.2 Å². The Morgan fingerprint density at radius 1 is 1.13 bits per heavy atom. The van der Waals surface area contributed by atoms with Gasteiger partial charge in [0.15, 0.2) is 0 Å². The lowest BCUT2D eigenvalue weighted by Crippen LogP contribution is -2.39. The molecule has 0 radical (unpaired) electrons. The third-order valence-corrected chi connectivity index (χ3v) is 7.34. The lowest BCUT2D eigenvalue weighted by molar-refractivity contribution is 0.0362. The van der Waals surface area contributed by atoms with E-state index < -0.39 is 0 Å². The molecule has 0 unspecified atom stereocenters. The van der Waals surface area contributed by atoms with Crippen LogP contribution in [0.15, 0.2) is 35.4 Å². The van der Waals surface area contributed by atoms with Gasteiger partial charge in [-0.05, 0) is 36.2 Å². The summed E-state index contributed by atoms with van der Waals surface area (Å²) in [4.78, 5) is 36.6. The second-order valence-electron chi connectivity index (χ2n) is 7.86. The van der Waals surface area contributed by atoms with Crippen molar-refractivity contribution in [3.63, 3.8) is 0 Å². The molecule has 5 rings (SSSR count). The maximum absolute atomic E-state index is 13.2. The molecule has 0 N–H and O–H groups in total. The van der Waals surface area contributed by atoms with Gasteiger partial charge in [-0.2, -0.15) is 0 Å². The number of rotatable bonds is 4. The molecule has 0 saturated carbocycles. The van der Waals surface area contributed by atoms with E-state index in [4.69, 9.17) is 16.3 Å². The molecule has 1 aromatic carbocycles. The second-order valence-corrected chi connectivity index (χ2v) is 9.38. The normalized spacial score (nSPS) is 17.1. The number of nitrogens with zero attached hydrogens (tertiary/aromatic N) is 4. The van der Waals surface area contributed by atoms with Gasteiger partial charge in [-0.3, -0.25) is 19.1 Å². The van der Waals surface area contributed by atoms with Crippen molar-refractivity contribution in [2.75, 3.05) is 39.4 Å². The van der Waals surface area contributed by atoms with Crippen LogP contribution in [0.1, 0.15) is 20.8 Å². The van der Waals surface area contributed by atoms with Crippen LogP contribution in [0.5, 0.6) is 0 Å². The zero-order valence-electron chi connectivity index (χ0n) is 17.1. The Morgan fingerprint density at radius 3 is 2.68 bits per heavy atom. The highest BCUT2D eigenvalue weighted by Gasteiger charge is 2.27. The van der Waals surface area contributed by atoms with Crippen LogP contribution in [0.4, 0.5) is 0 Å². The van der Waals surface area contributed by atoms with Gasteiger partial charge in [0.05, 0.1) is 31.5 Å². The van der Waals surface area contributed by atoms with Crippen LogP contribution in [0.3, 0.4) is 0 Å². The van der Waals surface area contributed by atoms with E-state index >= 15 is 0 Å². The number of halogens is 1. The lowest BCUT2D eigenvalue weighted by Gasteiger charge is -2.27. The van der Waals surface area contributed by atoms with Gasteiger partial charge in [-0.1, -0.05) is 11.6 Å². The number of carbonyl (C=O) groups excluding carboxylic acids is 1. The summed E-state index contributed by atoms with van der Waals surface area (Å²) >= 11 is 7.46. The smallest absolute Gasteiger partial charge is 0.262 e. The molecule has 2 aromatic heterocycles. The van der Waals surface area contributed by atoms with Gasteiger partial charge in [0.1, 0.15) is 4.83 Å². The van der Waals surface area contributed by atoms with E-state index in [0.717, 1.165) is 53.5 Å². The quantitative estimate of drug-likeness (QED) is 0.601. The number of morpholine rings is 1. The minimum Gasteiger partial charge on any atom is -0.379 e. The van der Waals surface area contributed by atoms with Gasteiger partial charge in [0, 0.05) is 48.2 Å². The van der Waals surface area contributed by atoms with Crippen LogP contribution >= 0.6 is 22.9 Å². The SMILES string of the molecule is O=C(c1ccc(Cl)cc1)N1CCc2c(sc3ncn(CCN4CCOCC4)c(=O)c23)C1. The number of thiophene rings is 1. The fourth-order valence-corrected chi connectivity index (χ4v) is 5.52. The molecular weight excluding hydrogens is 436 g/mol. The molecule has 2 aliphatic heterocycles. The zero-order valence-corrected chi connectivity index (χ0v) is 18.6. The first kappa shape index (κ1) is 20.6. The molecule has 31 heavy (non-hydrogen) atoms. The number of carbonyl (C=O) groups is 1. The van der Waals surface area contributed by atoms with Gasteiger partial charge >= 0.3 is 0 Å². The Balaban J connectivity index is 1.36. The van der Waals surface area contributed by atoms with Crippen LogP contribution < -0.4 is 5.56 Å². The molecule has 1 amide bonds. The van der Waals surface area contributed by atoms with Gasteiger partial charge in [-0.25, -0.2) is 4.98 Å². The molecule has 4 heterocycles. The van der Waals surface area contributed by atoms with Crippen LogP contribution in [0.2, 0.25) is 5.02 Å². The highest BCUT2D eigenvalue weighted by atomic mass is 35.5. The second kappa shape index (κ2) is 8.70. The van der Waals surface area contributed by atoms with Crippen molar-refractivity contribution in [1.82, 2.24) is 19.4 Å². The Labute approximate surface area is 188 Å². The van der Waals surface area contributed by atoms with E-state index in [0.29, 0.717) is 36.6 Å². The number of hydrogen-bond acceptors (Lipinski definition) is 6. The van der Waals surface area contributed by atoms with Gasteiger partial charge < -0.3 is 9.64 Å². The van der Waals surface area contributed by atoms with Crippen LogP contribution in [0, 0.1) is 0 Å². The fourth-order valence-electron chi connectivity index (χ4n) is 4.20. The summed E-state index contributed by atoms with van der Waals surface area (Å²) in [6.07, 6.45) is 2.32. The molecule has 2 aliphatic rings. The zero-order chi connectivity index (χ0) is 21.4. The van der Waals surface area contributed by atoms with Crippen molar-refractivity contribution >= 4 is 39.1 Å². The molecule has 1 fully saturated rings. The van der Waals surface area contributed by atoms with Crippen molar-refractivity contribution in [2.24, 2.45) is 0 Å². The minimum atomic E-state index is -0.0179. The molecule has 0 spiro atoms.